The molecule has 0 radical (unpaired) electrons. The van der Waals surface area contributed by atoms with E-state index in [1.807, 2.05) is 6.08 Å². The van der Waals surface area contributed by atoms with Gasteiger partial charge in [0, 0.05) is 16.9 Å². The predicted molar refractivity (Wildman–Crippen MR) is 231 cm³/mol. The lowest BCUT2D eigenvalue weighted by Crippen LogP contribution is -2.16. The van der Waals surface area contributed by atoms with Crippen molar-refractivity contribution >= 4 is 44.6 Å². The average Bonchev–Trinajstić information content (AvgIpc) is 3.19. The molecule has 0 heterocycles. The lowest BCUT2D eigenvalue weighted by molar-refractivity contribution is 0.967. The lowest BCUT2D eigenvalue weighted by Gasteiger charge is -2.29. The summed E-state index contributed by atoms with van der Waals surface area (Å²) in [4.78, 5) is 2.37. The molecule has 1 nitrogen and oxygen atoms in total. The largest absolute Gasteiger partial charge is 0.310 e. The molecule has 1 aliphatic rings. The Balaban J connectivity index is 1.40. The van der Waals surface area contributed by atoms with Crippen molar-refractivity contribution in [3.05, 3.63) is 203 Å². The molecular formula is C52H45N. The molecule has 258 valence electrons. The van der Waals surface area contributed by atoms with Gasteiger partial charge in [0.15, 0.2) is 0 Å². The number of hydrogen-bond donors (Lipinski definition) is 0. The van der Waals surface area contributed by atoms with Crippen LogP contribution in [0.15, 0.2) is 176 Å². The van der Waals surface area contributed by atoms with Crippen molar-refractivity contribution in [2.75, 3.05) is 4.90 Å². The highest BCUT2D eigenvalue weighted by atomic mass is 15.1. The Morgan fingerprint density at radius 1 is 0.623 bits per heavy atom. The molecule has 0 N–H and O–H groups in total. The molecule has 8 rings (SSSR count). The number of nitrogens with zero attached hydrogens (tertiary/aromatic N) is 1. The second-order valence-electron chi connectivity index (χ2n) is 14.3. The van der Waals surface area contributed by atoms with Crippen LogP contribution in [0, 0.1) is 20.8 Å². The Morgan fingerprint density at radius 3 is 2.09 bits per heavy atom. The summed E-state index contributed by atoms with van der Waals surface area (Å²) in [6.07, 6.45) is 11.2. The second-order valence-corrected chi connectivity index (χ2v) is 14.3. The third-order valence-electron chi connectivity index (χ3n) is 10.9. The standard InChI is InChI=1S/C52H45N/c1-6-43(53(44-22-8-7-9-23-44)50-27-17-16-26-47(50)41-31-30-39-20-12-13-21-40(39)32-41)34-48-37(4)28-29-42-33-49(45-24-14-10-18-35(45)2)38(5)51(52(42)48)46-25-15-11-19-36(46)3/h6-9,11-17,19-34H,1,10,18H2,2-5H3/b43-34+. The van der Waals surface area contributed by atoms with Gasteiger partial charge in [0.2, 0.25) is 0 Å². The van der Waals surface area contributed by atoms with E-state index in [1.165, 1.54) is 77.2 Å². The van der Waals surface area contributed by atoms with Crippen molar-refractivity contribution in [3.63, 3.8) is 0 Å². The zero-order chi connectivity index (χ0) is 36.5. The van der Waals surface area contributed by atoms with E-state index >= 15 is 0 Å². The van der Waals surface area contributed by atoms with Crippen molar-refractivity contribution < 1.29 is 0 Å². The molecule has 0 fully saturated rings. The maximum atomic E-state index is 4.45. The molecule has 0 aliphatic heterocycles. The minimum atomic E-state index is 1.01. The van der Waals surface area contributed by atoms with Gasteiger partial charge in [0.05, 0.1) is 5.69 Å². The number of allylic oxidation sites excluding steroid dienone is 5. The summed E-state index contributed by atoms with van der Waals surface area (Å²) in [6.45, 7) is 13.5. The molecule has 0 amide bonds. The minimum absolute atomic E-state index is 1.01. The Kier molecular flexibility index (Phi) is 9.25. The molecule has 0 atom stereocenters. The van der Waals surface area contributed by atoms with Gasteiger partial charge >= 0.3 is 0 Å². The number of anilines is 2. The van der Waals surface area contributed by atoms with Crippen molar-refractivity contribution in [3.8, 4) is 22.3 Å². The Labute approximate surface area is 314 Å². The quantitative estimate of drug-likeness (QED) is 0.144. The fraction of sp³-hybridized carbons (Fsp3) is 0.115. The van der Waals surface area contributed by atoms with Gasteiger partial charge in [-0.15, -0.1) is 0 Å². The molecular weight excluding hydrogens is 639 g/mol. The van der Waals surface area contributed by atoms with E-state index in [4.69, 9.17) is 0 Å². The Hall–Kier alpha value is -6.18. The topological polar surface area (TPSA) is 3.24 Å². The first kappa shape index (κ1) is 33.9. The molecule has 0 unspecified atom stereocenters. The number of rotatable bonds is 8. The fourth-order valence-corrected chi connectivity index (χ4v) is 8.12. The summed E-state index contributed by atoms with van der Waals surface area (Å²) in [5, 5.41) is 4.98. The van der Waals surface area contributed by atoms with Gasteiger partial charge in [0.25, 0.3) is 0 Å². The molecule has 0 aromatic heterocycles. The van der Waals surface area contributed by atoms with Crippen LogP contribution >= 0.6 is 0 Å². The van der Waals surface area contributed by atoms with Crippen LogP contribution in [0.2, 0.25) is 0 Å². The van der Waals surface area contributed by atoms with Gasteiger partial charge in [-0.2, -0.15) is 0 Å². The molecule has 1 heteroatoms. The zero-order valence-electron chi connectivity index (χ0n) is 31.2. The molecule has 7 aromatic rings. The van der Waals surface area contributed by atoms with E-state index in [0.717, 1.165) is 35.5 Å². The SMILES string of the molecule is C=C/C(=C\c1c(C)ccc2cc(C3=C(C)CCC=C3)c(C)c(-c3ccccc3C)c12)N(c1ccccc1)c1ccccc1-c1ccc2ccccc2c1. The summed E-state index contributed by atoms with van der Waals surface area (Å²) in [6, 6.07) is 50.6. The van der Waals surface area contributed by atoms with Crippen LogP contribution in [0.4, 0.5) is 11.4 Å². The molecule has 0 spiro atoms. The van der Waals surface area contributed by atoms with Crippen molar-refractivity contribution in [2.45, 2.75) is 40.5 Å². The van der Waals surface area contributed by atoms with Crippen LogP contribution in [-0.4, -0.2) is 0 Å². The zero-order valence-corrected chi connectivity index (χ0v) is 31.2. The number of fused-ring (bicyclic) bond motifs is 2. The Bertz CT molecular complexity index is 2610. The van der Waals surface area contributed by atoms with Gasteiger partial charge in [-0.25, -0.2) is 0 Å². The molecule has 0 bridgehead atoms. The third-order valence-corrected chi connectivity index (χ3v) is 10.9. The maximum absolute atomic E-state index is 4.45. The second kappa shape index (κ2) is 14.4. The molecule has 7 aromatic carbocycles. The van der Waals surface area contributed by atoms with Gasteiger partial charge in [-0.05, 0) is 155 Å². The summed E-state index contributed by atoms with van der Waals surface area (Å²) in [5.41, 5.74) is 17.3. The fourth-order valence-electron chi connectivity index (χ4n) is 8.12. The van der Waals surface area contributed by atoms with Crippen LogP contribution in [-0.2, 0) is 0 Å². The summed E-state index contributed by atoms with van der Waals surface area (Å²) in [7, 11) is 0. The van der Waals surface area contributed by atoms with E-state index in [1.54, 1.807) is 0 Å². The van der Waals surface area contributed by atoms with E-state index in [9.17, 15) is 0 Å². The first-order chi connectivity index (χ1) is 25.9. The van der Waals surface area contributed by atoms with Gasteiger partial charge in [-0.1, -0.05) is 133 Å². The van der Waals surface area contributed by atoms with Gasteiger partial charge < -0.3 is 4.90 Å². The van der Waals surface area contributed by atoms with Crippen LogP contribution < -0.4 is 4.90 Å². The summed E-state index contributed by atoms with van der Waals surface area (Å²) >= 11 is 0. The normalized spacial score (nSPS) is 13.2. The molecule has 0 saturated carbocycles. The number of para-hydroxylation sites is 2. The van der Waals surface area contributed by atoms with Crippen LogP contribution in [0.3, 0.4) is 0 Å². The molecule has 0 saturated heterocycles. The first-order valence-corrected chi connectivity index (χ1v) is 18.7. The van der Waals surface area contributed by atoms with Gasteiger partial charge in [0.1, 0.15) is 0 Å². The van der Waals surface area contributed by atoms with Crippen LogP contribution in [0.1, 0.15) is 47.6 Å². The van der Waals surface area contributed by atoms with E-state index < -0.39 is 0 Å². The molecule has 53 heavy (non-hydrogen) atoms. The summed E-state index contributed by atoms with van der Waals surface area (Å²) in [5.74, 6) is 0. The van der Waals surface area contributed by atoms with E-state index in [2.05, 4.69) is 197 Å². The Morgan fingerprint density at radius 2 is 1.32 bits per heavy atom. The first-order valence-electron chi connectivity index (χ1n) is 18.7. The monoisotopic (exact) mass is 683 g/mol. The number of hydrogen-bond acceptors (Lipinski definition) is 1. The summed E-state index contributed by atoms with van der Waals surface area (Å²) < 4.78 is 0. The van der Waals surface area contributed by atoms with E-state index in [0.29, 0.717) is 0 Å². The highest BCUT2D eigenvalue weighted by Crippen LogP contribution is 2.44. The molecule has 1 aliphatic carbocycles. The van der Waals surface area contributed by atoms with Crippen LogP contribution in [0.25, 0.3) is 55.4 Å². The lowest BCUT2D eigenvalue weighted by atomic mass is 9.81. The average molecular weight is 684 g/mol. The van der Waals surface area contributed by atoms with Crippen molar-refractivity contribution in [2.24, 2.45) is 0 Å². The third kappa shape index (κ3) is 6.34. The van der Waals surface area contributed by atoms with Crippen molar-refractivity contribution in [1.29, 1.82) is 0 Å². The maximum Gasteiger partial charge on any atom is 0.0540 e. The van der Waals surface area contributed by atoms with Crippen LogP contribution in [0.5, 0.6) is 0 Å². The number of benzene rings is 7. The minimum Gasteiger partial charge on any atom is -0.310 e. The van der Waals surface area contributed by atoms with Gasteiger partial charge in [-0.3, -0.25) is 0 Å². The highest BCUT2D eigenvalue weighted by molar-refractivity contribution is 6.08. The van der Waals surface area contributed by atoms with E-state index in [-0.39, 0.29) is 0 Å². The number of aryl methyl sites for hydroxylation is 2. The smallest absolute Gasteiger partial charge is 0.0540 e. The predicted octanol–water partition coefficient (Wildman–Crippen LogP) is 14.7. The van der Waals surface area contributed by atoms with Crippen molar-refractivity contribution in [1.82, 2.24) is 0 Å². The highest BCUT2D eigenvalue weighted by Gasteiger charge is 2.22.